The minimum Gasteiger partial charge on any atom is -0.337 e. The Labute approximate surface area is 175 Å². The molecule has 1 amide bonds. The van der Waals surface area contributed by atoms with Crippen LogP contribution in [0.1, 0.15) is 11.3 Å². The van der Waals surface area contributed by atoms with Gasteiger partial charge in [-0.1, -0.05) is 54.6 Å². The quantitative estimate of drug-likeness (QED) is 0.513. The summed E-state index contributed by atoms with van der Waals surface area (Å²) in [4.78, 5) is 17.1. The van der Waals surface area contributed by atoms with Crippen LogP contribution in [0.5, 0.6) is 0 Å². The van der Waals surface area contributed by atoms with Gasteiger partial charge in [0.25, 0.3) is 0 Å². The maximum absolute atomic E-state index is 13.1. The predicted molar refractivity (Wildman–Crippen MR) is 117 cm³/mol. The van der Waals surface area contributed by atoms with Crippen LogP contribution in [0, 0.1) is 6.92 Å². The number of aryl methyl sites for hydroxylation is 1. The van der Waals surface area contributed by atoms with E-state index in [1.54, 1.807) is 41.1 Å². The van der Waals surface area contributed by atoms with E-state index in [4.69, 9.17) is 0 Å². The van der Waals surface area contributed by atoms with Gasteiger partial charge in [0.1, 0.15) is 12.4 Å². The van der Waals surface area contributed by atoms with Crippen LogP contribution in [-0.4, -0.2) is 23.9 Å². The zero-order chi connectivity index (χ0) is 21.1. The number of hydrogen-bond acceptors (Lipinski definition) is 4. The lowest BCUT2D eigenvalue weighted by Gasteiger charge is -2.07. The van der Waals surface area contributed by atoms with E-state index in [9.17, 15) is 13.2 Å². The molecule has 0 bridgehead atoms. The van der Waals surface area contributed by atoms with Crippen LogP contribution >= 0.6 is 0 Å². The fourth-order valence-electron chi connectivity index (χ4n) is 3.41. The number of sulfone groups is 1. The Morgan fingerprint density at radius 3 is 2.47 bits per heavy atom. The molecular formula is C23H21N3O3S. The molecule has 0 aliphatic carbocycles. The third kappa shape index (κ3) is 4.26. The van der Waals surface area contributed by atoms with Gasteiger partial charge in [-0.2, -0.15) is 0 Å². The van der Waals surface area contributed by atoms with E-state index >= 15 is 0 Å². The van der Waals surface area contributed by atoms with Crippen LogP contribution in [0.15, 0.2) is 83.9 Å². The zero-order valence-electron chi connectivity index (χ0n) is 16.4. The number of rotatable bonds is 6. The van der Waals surface area contributed by atoms with E-state index in [1.807, 2.05) is 49.4 Å². The third-order valence-corrected chi connectivity index (χ3v) is 6.47. The zero-order valence-corrected chi connectivity index (χ0v) is 17.3. The average Bonchev–Trinajstić information content (AvgIpc) is 3.08. The molecular weight excluding hydrogens is 398 g/mol. The summed E-state index contributed by atoms with van der Waals surface area (Å²) in [6, 6.07) is 21.7. The Bertz CT molecular complexity index is 1310. The summed E-state index contributed by atoms with van der Waals surface area (Å²) >= 11 is 0. The summed E-state index contributed by atoms with van der Waals surface area (Å²) in [5, 5.41) is 3.37. The molecule has 0 spiro atoms. The van der Waals surface area contributed by atoms with Gasteiger partial charge in [-0.05, 0) is 30.7 Å². The minimum absolute atomic E-state index is 0.0169. The number of aromatic nitrogens is 2. The third-order valence-electron chi connectivity index (χ3n) is 4.76. The van der Waals surface area contributed by atoms with Crippen molar-refractivity contribution in [3.63, 3.8) is 0 Å². The Morgan fingerprint density at radius 1 is 0.967 bits per heavy atom. The Balaban J connectivity index is 1.64. The Hall–Kier alpha value is -3.45. The molecule has 2 aromatic carbocycles. The molecule has 0 saturated carbocycles. The standard InChI is InChI=1S/C23H21N3O3S/c1-17-8-7-13-22(24-17)25-23(27)15-26-14-21(19-11-5-6-12-20(19)26)30(28,29)16-18-9-3-2-4-10-18/h2-14H,15-16H2,1H3,(H,24,25,27). The van der Waals surface area contributed by atoms with Crippen LogP contribution in [0.3, 0.4) is 0 Å². The number of carbonyl (C=O) groups is 1. The number of carbonyl (C=O) groups excluding carboxylic acids is 1. The van der Waals surface area contributed by atoms with Crippen molar-refractivity contribution < 1.29 is 13.2 Å². The second-order valence-corrected chi connectivity index (χ2v) is 9.05. The summed E-state index contributed by atoms with van der Waals surface area (Å²) in [6.45, 7) is 1.83. The highest BCUT2D eigenvalue weighted by atomic mass is 32.2. The number of para-hydroxylation sites is 1. The molecule has 2 heterocycles. The lowest BCUT2D eigenvalue weighted by Crippen LogP contribution is -2.19. The van der Waals surface area contributed by atoms with E-state index in [0.29, 0.717) is 16.7 Å². The van der Waals surface area contributed by atoms with Crippen molar-refractivity contribution in [3.8, 4) is 0 Å². The van der Waals surface area contributed by atoms with Crippen molar-refractivity contribution in [2.75, 3.05) is 5.32 Å². The molecule has 0 atom stereocenters. The molecule has 0 radical (unpaired) electrons. The first-order valence-electron chi connectivity index (χ1n) is 9.50. The van der Waals surface area contributed by atoms with Crippen molar-refractivity contribution in [3.05, 3.63) is 90.3 Å². The van der Waals surface area contributed by atoms with E-state index < -0.39 is 9.84 Å². The van der Waals surface area contributed by atoms with E-state index in [2.05, 4.69) is 10.3 Å². The Kier molecular flexibility index (Phi) is 5.37. The molecule has 6 nitrogen and oxygen atoms in total. The van der Waals surface area contributed by atoms with Crippen molar-refractivity contribution in [2.45, 2.75) is 24.1 Å². The molecule has 2 aromatic heterocycles. The van der Waals surface area contributed by atoms with Crippen molar-refractivity contribution in [2.24, 2.45) is 0 Å². The van der Waals surface area contributed by atoms with E-state index in [-0.39, 0.29) is 23.1 Å². The molecule has 0 fully saturated rings. The average molecular weight is 420 g/mol. The summed E-state index contributed by atoms with van der Waals surface area (Å²) in [5.74, 6) is 0.0931. The van der Waals surface area contributed by atoms with Gasteiger partial charge < -0.3 is 9.88 Å². The molecule has 0 unspecified atom stereocenters. The summed E-state index contributed by atoms with van der Waals surface area (Å²) in [7, 11) is -3.58. The van der Waals surface area contributed by atoms with E-state index in [0.717, 1.165) is 11.3 Å². The highest BCUT2D eigenvalue weighted by Crippen LogP contribution is 2.28. The fourth-order valence-corrected chi connectivity index (χ4v) is 5.00. The number of benzene rings is 2. The van der Waals surface area contributed by atoms with Gasteiger partial charge in [0.2, 0.25) is 5.91 Å². The highest BCUT2D eigenvalue weighted by molar-refractivity contribution is 7.90. The smallest absolute Gasteiger partial charge is 0.245 e. The summed E-state index contributed by atoms with van der Waals surface area (Å²) in [5.41, 5.74) is 2.21. The van der Waals surface area contributed by atoms with Crippen molar-refractivity contribution in [1.82, 2.24) is 9.55 Å². The molecule has 30 heavy (non-hydrogen) atoms. The van der Waals surface area contributed by atoms with Gasteiger partial charge in [-0.3, -0.25) is 4.79 Å². The lowest BCUT2D eigenvalue weighted by atomic mass is 10.2. The van der Waals surface area contributed by atoms with Gasteiger partial charge in [0.05, 0.1) is 10.6 Å². The largest absolute Gasteiger partial charge is 0.337 e. The predicted octanol–water partition coefficient (Wildman–Crippen LogP) is 3.96. The fraction of sp³-hybridized carbons (Fsp3) is 0.130. The number of hydrogen-bond donors (Lipinski definition) is 1. The Morgan fingerprint density at radius 2 is 1.70 bits per heavy atom. The van der Waals surface area contributed by atoms with Crippen LogP contribution in [0.4, 0.5) is 5.82 Å². The van der Waals surface area contributed by atoms with Gasteiger partial charge >= 0.3 is 0 Å². The minimum atomic E-state index is -3.58. The van der Waals surface area contributed by atoms with Gasteiger partial charge in [-0.15, -0.1) is 0 Å². The van der Waals surface area contributed by atoms with Crippen LogP contribution < -0.4 is 5.32 Å². The van der Waals surface area contributed by atoms with Gasteiger partial charge in [0, 0.05) is 22.8 Å². The molecule has 1 N–H and O–H groups in total. The number of pyridine rings is 1. The van der Waals surface area contributed by atoms with Crippen molar-refractivity contribution in [1.29, 1.82) is 0 Å². The second kappa shape index (κ2) is 8.12. The SMILES string of the molecule is Cc1cccc(NC(=O)Cn2cc(S(=O)(=O)Cc3ccccc3)c3ccccc32)n1. The van der Waals surface area contributed by atoms with Gasteiger partial charge in [-0.25, -0.2) is 13.4 Å². The van der Waals surface area contributed by atoms with Gasteiger partial charge in [0.15, 0.2) is 9.84 Å². The summed E-state index contributed by atoms with van der Waals surface area (Å²) in [6.07, 6.45) is 1.55. The number of anilines is 1. The highest BCUT2D eigenvalue weighted by Gasteiger charge is 2.22. The molecule has 0 saturated heterocycles. The van der Waals surface area contributed by atoms with Crippen LogP contribution in [0.2, 0.25) is 0 Å². The maximum atomic E-state index is 13.1. The van der Waals surface area contributed by atoms with Crippen LogP contribution in [0.25, 0.3) is 10.9 Å². The molecule has 4 aromatic rings. The normalized spacial score (nSPS) is 11.5. The first-order valence-corrected chi connectivity index (χ1v) is 11.2. The first-order chi connectivity index (χ1) is 14.4. The molecule has 7 heteroatoms. The maximum Gasteiger partial charge on any atom is 0.245 e. The molecule has 4 rings (SSSR count). The lowest BCUT2D eigenvalue weighted by molar-refractivity contribution is -0.116. The molecule has 0 aliphatic heterocycles. The number of nitrogens with zero attached hydrogens (tertiary/aromatic N) is 2. The van der Waals surface area contributed by atoms with Crippen LogP contribution in [-0.2, 0) is 26.9 Å². The number of fused-ring (bicyclic) bond motifs is 1. The van der Waals surface area contributed by atoms with E-state index in [1.165, 1.54) is 0 Å². The monoisotopic (exact) mass is 419 g/mol. The number of nitrogens with one attached hydrogen (secondary N) is 1. The summed E-state index contributed by atoms with van der Waals surface area (Å²) < 4.78 is 27.9. The first kappa shape index (κ1) is 19.8. The van der Waals surface area contributed by atoms with Crippen molar-refractivity contribution >= 4 is 32.5 Å². The topological polar surface area (TPSA) is 81.1 Å². The number of amides is 1. The molecule has 0 aliphatic rings. The molecule has 152 valence electrons. The second-order valence-electron chi connectivity index (χ2n) is 7.10.